The Morgan fingerprint density at radius 1 is 1.40 bits per heavy atom. The minimum Gasteiger partial charge on any atom is -0.350 e. The maximum atomic E-state index is 12.0. The van der Waals surface area contributed by atoms with E-state index in [2.05, 4.69) is 5.32 Å². The Morgan fingerprint density at radius 2 is 2.10 bits per heavy atom. The molecule has 0 heterocycles. The van der Waals surface area contributed by atoms with Gasteiger partial charge in [0.2, 0.25) is 10.0 Å². The predicted octanol–water partition coefficient (Wildman–Crippen LogP) is -0.0578. The Hall–Kier alpha value is -1.44. The van der Waals surface area contributed by atoms with Crippen molar-refractivity contribution in [1.82, 2.24) is 5.32 Å². The van der Waals surface area contributed by atoms with Crippen LogP contribution in [0, 0.1) is 5.92 Å². The molecule has 1 saturated carbocycles. The zero-order valence-electron chi connectivity index (χ0n) is 11.1. The minimum atomic E-state index is -3.60. The third-order valence-electron chi connectivity index (χ3n) is 3.28. The molecule has 0 saturated heterocycles. The summed E-state index contributed by atoms with van der Waals surface area (Å²) in [5.74, 6) is -0.0169. The lowest BCUT2D eigenvalue weighted by Gasteiger charge is -2.12. The zero-order chi connectivity index (χ0) is 14.8. The van der Waals surface area contributed by atoms with Crippen LogP contribution in [0.5, 0.6) is 0 Å². The van der Waals surface area contributed by atoms with Crippen LogP contribution in [0.4, 0.5) is 0 Å². The van der Waals surface area contributed by atoms with Gasteiger partial charge in [-0.25, -0.2) is 13.6 Å². The second-order valence-corrected chi connectivity index (χ2v) is 6.83. The van der Waals surface area contributed by atoms with Gasteiger partial charge in [-0.15, -0.1) is 0 Å². The van der Waals surface area contributed by atoms with Crippen LogP contribution < -0.4 is 16.2 Å². The van der Waals surface area contributed by atoms with Crippen molar-refractivity contribution in [3.63, 3.8) is 0 Å². The second kappa shape index (κ2) is 5.90. The predicted molar refractivity (Wildman–Crippen MR) is 76.3 cm³/mol. The van der Waals surface area contributed by atoms with Gasteiger partial charge in [-0.3, -0.25) is 4.79 Å². The van der Waals surface area contributed by atoms with Gasteiger partial charge in [-0.1, -0.05) is 12.1 Å². The molecule has 1 aromatic rings. The van der Waals surface area contributed by atoms with Gasteiger partial charge in [0.25, 0.3) is 5.91 Å². The molecule has 1 amide bonds. The van der Waals surface area contributed by atoms with Crippen molar-refractivity contribution in [2.75, 3.05) is 6.54 Å². The number of carbonyl (C=O) groups is 1. The molecule has 0 aromatic heterocycles. The van der Waals surface area contributed by atoms with E-state index in [-0.39, 0.29) is 17.7 Å². The van der Waals surface area contributed by atoms with Crippen LogP contribution in [0.1, 0.15) is 28.8 Å². The van der Waals surface area contributed by atoms with Crippen molar-refractivity contribution in [2.24, 2.45) is 16.8 Å². The van der Waals surface area contributed by atoms with Crippen LogP contribution in [0.25, 0.3) is 0 Å². The van der Waals surface area contributed by atoms with Crippen molar-refractivity contribution in [3.05, 3.63) is 35.4 Å². The van der Waals surface area contributed by atoms with Gasteiger partial charge < -0.3 is 11.1 Å². The fourth-order valence-corrected chi connectivity index (χ4v) is 2.68. The highest BCUT2D eigenvalue weighted by Gasteiger charge is 2.28. The standard InChI is InChI=1S/C13H19N3O3S/c14-12(10-4-5-10)7-16-13(17)11-3-1-2-9(6-11)8-20(15,18)19/h1-3,6,10,12H,4-5,7-8,14H2,(H,16,17)(H2,15,18,19). The molecule has 1 aliphatic rings. The number of benzene rings is 1. The molecule has 1 aliphatic carbocycles. The summed E-state index contributed by atoms with van der Waals surface area (Å²) < 4.78 is 22.1. The molecular formula is C13H19N3O3S. The summed E-state index contributed by atoms with van der Waals surface area (Å²) in [6.45, 7) is 0.433. The summed E-state index contributed by atoms with van der Waals surface area (Å²) in [5, 5.41) is 7.75. The Bertz CT molecular complexity index is 597. The van der Waals surface area contributed by atoms with Gasteiger partial charge in [0.15, 0.2) is 0 Å². The highest BCUT2D eigenvalue weighted by Crippen LogP contribution is 2.31. The van der Waals surface area contributed by atoms with E-state index < -0.39 is 10.0 Å². The molecule has 1 fully saturated rings. The molecule has 1 atom stereocenters. The topological polar surface area (TPSA) is 115 Å². The summed E-state index contributed by atoms with van der Waals surface area (Å²) in [6.07, 6.45) is 2.25. The lowest BCUT2D eigenvalue weighted by molar-refractivity contribution is 0.0950. The number of amides is 1. The first kappa shape index (κ1) is 15.0. The number of carbonyl (C=O) groups excluding carboxylic acids is 1. The minimum absolute atomic E-state index is 0.00782. The van der Waals surface area contributed by atoms with Crippen molar-refractivity contribution in [3.8, 4) is 0 Å². The first-order valence-electron chi connectivity index (χ1n) is 6.48. The monoisotopic (exact) mass is 297 g/mol. The first-order valence-corrected chi connectivity index (χ1v) is 8.20. The van der Waals surface area contributed by atoms with Crippen LogP contribution in [-0.4, -0.2) is 26.9 Å². The third kappa shape index (κ3) is 4.59. The SMILES string of the molecule is NC(CNC(=O)c1cccc(CS(N)(=O)=O)c1)C1CC1. The van der Waals surface area contributed by atoms with E-state index in [0.717, 1.165) is 12.8 Å². The van der Waals surface area contributed by atoms with Gasteiger partial charge >= 0.3 is 0 Å². The Balaban J connectivity index is 1.96. The van der Waals surface area contributed by atoms with Gasteiger partial charge in [-0.2, -0.15) is 0 Å². The lowest BCUT2D eigenvalue weighted by atomic mass is 10.1. The number of hydrogen-bond acceptors (Lipinski definition) is 4. The molecule has 0 bridgehead atoms. The Morgan fingerprint density at radius 3 is 2.70 bits per heavy atom. The van der Waals surface area contributed by atoms with Crippen LogP contribution in [0.3, 0.4) is 0 Å². The van der Waals surface area contributed by atoms with Crippen LogP contribution >= 0.6 is 0 Å². The summed E-state index contributed by atoms with van der Waals surface area (Å²) in [4.78, 5) is 12.0. The molecule has 1 unspecified atom stereocenters. The molecule has 1 aromatic carbocycles. The van der Waals surface area contributed by atoms with E-state index in [1.165, 1.54) is 6.07 Å². The quantitative estimate of drug-likeness (QED) is 0.682. The number of sulfonamides is 1. The molecule has 5 N–H and O–H groups in total. The fraction of sp³-hybridized carbons (Fsp3) is 0.462. The zero-order valence-corrected chi connectivity index (χ0v) is 11.9. The number of nitrogens with two attached hydrogens (primary N) is 2. The van der Waals surface area contributed by atoms with E-state index in [1.54, 1.807) is 18.2 Å². The van der Waals surface area contributed by atoms with Crippen molar-refractivity contribution >= 4 is 15.9 Å². The molecule has 0 spiro atoms. The number of nitrogens with one attached hydrogen (secondary N) is 1. The van der Waals surface area contributed by atoms with E-state index in [1.807, 2.05) is 0 Å². The summed E-state index contributed by atoms with van der Waals surface area (Å²) in [7, 11) is -3.60. The molecule has 2 rings (SSSR count). The number of primary sulfonamides is 1. The lowest BCUT2D eigenvalue weighted by Crippen LogP contribution is -2.38. The van der Waals surface area contributed by atoms with E-state index in [9.17, 15) is 13.2 Å². The van der Waals surface area contributed by atoms with E-state index in [0.29, 0.717) is 23.6 Å². The summed E-state index contributed by atoms with van der Waals surface area (Å²) in [6, 6.07) is 6.41. The fourth-order valence-electron chi connectivity index (χ4n) is 2.04. The first-order chi connectivity index (χ1) is 9.35. The van der Waals surface area contributed by atoms with Crippen molar-refractivity contribution < 1.29 is 13.2 Å². The van der Waals surface area contributed by atoms with E-state index in [4.69, 9.17) is 10.9 Å². The highest BCUT2D eigenvalue weighted by molar-refractivity contribution is 7.88. The Labute approximate surface area is 118 Å². The maximum absolute atomic E-state index is 12.0. The van der Waals surface area contributed by atoms with Gasteiger partial charge in [0.1, 0.15) is 0 Å². The maximum Gasteiger partial charge on any atom is 0.251 e. The average Bonchev–Trinajstić information content (AvgIpc) is 3.18. The highest BCUT2D eigenvalue weighted by atomic mass is 32.2. The normalized spacial score (nSPS) is 16.7. The van der Waals surface area contributed by atoms with Gasteiger partial charge in [0.05, 0.1) is 5.75 Å². The molecule has 110 valence electrons. The number of hydrogen-bond donors (Lipinski definition) is 3. The molecule has 0 radical (unpaired) electrons. The molecular weight excluding hydrogens is 278 g/mol. The average molecular weight is 297 g/mol. The van der Waals surface area contributed by atoms with Crippen LogP contribution in [-0.2, 0) is 15.8 Å². The molecule has 0 aliphatic heterocycles. The number of rotatable bonds is 6. The van der Waals surface area contributed by atoms with Crippen LogP contribution in [0.15, 0.2) is 24.3 Å². The Kier molecular flexibility index (Phi) is 4.42. The van der Waals surface area contributed by atoms with Gasteiger partial charge in [-0.05, 0) is 36.5 Å². The third-order valence-corrected chi connectivity index (χ3v) is 4.02. The van der Waals surface area contributed by atoms with Crippen molar-refractivity contribution in [1.29, 1.82) is 0 Å². The van der Waals surface area contributed by atoms with E-state index >= 15 is 0 Å². The smallest absolute Gasteiger partial charge is 0.251 e. The molecule has 7 heteroatoms. The van der Waals surface area contributed by atoms with Crippen molar-refractivity contribution in [2.45, 2.75) is 24.6 Å². The molecule has 20 heavy (non-hydrogen) atoms. The summed E-state index contributed by atoms with van der Waals surface area (Å²) >= 11 is 0. The molecule has 6 nitrogen and oxygen atoms in total. The van der Waals surface area contributed by atoms with Gasteiger partial charge in [0, 0.05) is 18.2 Å². The summed E-state index contributed by atoms with van der Waals surface area (Å²) in [5.41, 5.74) is 6.81. The van der Waals surface area contributed by atoms with Crippen LogP contribution in [0.2, 0.25) is 0 Å². The second-order valence-electron chi connectivity index (χ2n) is 5.22. The largest absolute Gasteiger partial charge is 0.350 e.